The Hall–Kier alpha value is -1.63. The van der Waals surface area contributed by atoms with Crippen molar-refractivity contribution in [2.45, 2.75) is 25.0 Å². The van der Waals surface area contributed by atoms with Gasteiger partial charge in [0.1, 0.15) is 0 Å². The summed E-state index contributed by atoms with van der Waals surface area (Å²) in [7, 11) is 1.82. The molecule has 6 heteroatoms. The van der Waals surface area contributed by atoms with Crippen LogP contribution in [-0.4, -0.2) is 70.0 Å². The fraction of sp³-hybridized carbons (Fsp3) is 0.632. The van der Waals surface area contributed by atoms with E-state index in [4.69, 9.17) is 9.47 Å². The summed E-state index contributed by atoms with van der Waals surface area (Å²) >= 11 is 0. The van der Waals surface area contributed by atoms with Crippen molar-refractivity contribution in [1.82, 2.24) is 15.5 Å². The number of guanidine groups is 1. The first kappa shape index (κ1) is 18.2. The average Bonchev–Trinajstić information content (AvgIpc) is 3.20. The summed E-state index contributed by atoms with van der Waals surface area (Å²) in [6.45, 7) is 6.03. The van der Waals surface area contributed by atoms with Crippen LogP contribution < -0.4 is 10.6 Å². The molecule has 1 aromatic rings. The second-order valence-corrected chi connectivity index (χ2v) is 6.54. The third-order valence-corrected chi connectivity index (χ3v) is 4.88. The van der Waals surface area contributed by atoms with Crippen LogP contribution in [0.3, 0.4) is 0 Å². The van der Waals surface area contributed by atoms with E-state index in [1.165, 1.54) is 5.56 Å². The van der Waals surface area contributed by atoms with Gasteiger partial charge in [-0.1, -0.05) is 30.3 Å². The molecule has 6 nitrogen and oxygen atoms in total. The highest BCUT2D eigenvalue weighted by Crippen LogP contribution is 2.21. The van der Waals surface area contributed by atoms with Crippen molar-refractivity contribution in [3.8, 4) is 0 Å². The molecule has 2 N–H and O–H groups in total. The van der Waals surface area contributed by atoms with Crippen molar-refractivity contribution in [2.24, 2.45) is 4.99 Å². The largest absolute Gasteiger partial charge is 0.379 e. The predicted molar refractivity (Wildman–Crippen MR) is 99.9 cm³/mol. The number of rotatable bonds is 6. The van der Waals surface area contributed by atoms with E-state index < -0.39 is 0 Å². The summed E-state index contributed by atoms with van der Waals surface area (Å²) in [5.74, 6) is 0.838. The van der Waals surface area contributed by atoms with Crippen LogP contribution >= 0.6 is 0 Å². The van der Waals surface area contributed by atoms with Gasteiger partial charge in [-0.2, -0.15) is 0 Å². The Morgan fingerprint density at radius 2 is 2.00 bits per heavy atom. The quantitative estimate of drug-likeness (QED) is 0.602. The van der Waals surface area contributed by atoms with Gasteiger partial charge in [0.15, 0.2) is 5.96 Å². The zero-order valence-electron chi connectivity index (χ0n) is 15.1. The van der Waals surface area contributed by atoms with Crippen molar-refractivity contribution < 1.29 is 9.47 Å². The molecule has 2 saturated heterocycles. The maximum absolute atomic E-state index is 5.67. The second-order valence-electron chi connectivity index (χ2n) is 6.54. The zero-order chi connectivity index (χ0) is 17.3. The Kier molecular flexibility index (Phi) is 7.09. The van der Waals surface area contributed by atoms with E-state index in [9.17, 15) is 0 Å². The van der Waals surface area contributed by atoms with Gasteiger partial charge in [-0.05, 0) is 18.4 Å². The minimum Gasteiger partial charge on any atom is -0.379 e. The predicted octanol–water partition coefficient (Wildman–Crippen LogP) is 1.40. The maximum Gasteiger partial charge on any atom is 0.191 e. The Morgan fingerprint density at radius 1 is 1.20 bits per heavy atom. The lowest BCUT2D eigenvalue weighted by Crippen LogP contribution is -2.47. The van der Waals surface area contributed by atoms with Gasteiger partial charge in [-0.15, -0.1) is 0 Å². The molecule has 0 bridgehead atoms. The molecular weight excluding hydrogens is 316 g/mol. The van der Waals surface area contributed by atoms with Crippen molar-refractivity contribution in [3.63, 3.8) is 0 Å². The van der Waals surface area contributed by atoms with Crippen LogP contribution in [0.4, 0.5) is 0 Å². The molecule has 25 heavy (non-hydrogen) atoms. The number of ether oxygens (including phenoxy) is 2. The number of aliphatic imine (C=N–C) groups is 1. The number of nitrogens with one attached hydrogen (secondary N) is 2. The Morgan fingerprint density at radius 3 is 2.68 bits per heavy atom. The third-order valence-electron chi connectivity index (χ3n) is 4.88. The van der Waals surface area contributed by atoms with Gasteiger partial charge in [0, 0.05) is 39.8 Å². The molecule has 0 aromatic heterocycles. The van der Waals surface area contributed by atoms with Gasteiger partial charge < -0.3 is 20.1 Å². The molecule has 0 amide bonds. The molecule has 0 saturated carbocycles. The molecule has 2 unspecified atom stereocenters. The lowest BCUT2D eigenvalue weighted by molar-refractivity contribution is 0.0170. The highest BCUT2D eigenvalue weighted by Gasteiger charge is 2.23. The average molecular weight is 346 g/mol. The number of nitrogens with zero attached hydrogens (tertiary/aromatic N) is 2. The Balaban J connectivity index is 1.56. The van der Waals surface area contributed by atoms with Gasteiger partial charge in [0.25, 0.3) is 0 Å². The van der Waals surface area contributed by atoms with Gasteiger partial charge >= 0.3 is 0 Å². The highest BCUT2D eigenvalue weighted by atomic mass is 16.5. The molecule has 2 aliphatic rings. The van der Waals surface area contributed by atoms with Gasteiger partial charge in [-0.25, -0.2) is 0 Å². The molecule has 2 aliphatic heterocycles. The number of hydrogen-bond donors (Lipinski definition) is 2. The van der Waals surface area contributed by atoms with Crippen LogP contribution in [-0.2, 0) is 9.47 Å². The zero-order valence-corrected chi connectivity index (χ0v) is 15.1. The maximum atomic E-state index is 5.67. The van der Waals surface area contributed by atoms with E-state index in [0.29, 0.717) is 12.1 Å². The first-order valence-corrected chi connectivity index (χ1v) is 9.29. The van der Waals surface area contributed by atoms with Crippen LogP contribution in [0.5, 0.6) is 0 Å². The van der Waals surface area contributed by atoms with Gasteiger partial charge in [0.05, 0.1) is 25.4 Å². The highest BCUT2D eigenvalue weighted by molar-refractivity contribution is 5.79. The van der Waals surface area contributed by atoms with Crippen molar-refractivity contribution in [3.05, 3.63) is 35.9 Å². The molecular formula is C19H30N4O2. The van der Waals surface area contributed by atoms with E-state index >= 15 is 0 Å². The smallest absolute Gasteiger partial charge is 0.191 e. The van der Waals surface area contributed by atoms with Crippen LogP contribution in [0.1, 0.15) is 24.4 Å². The first-order chi connectivity index (χ1) is 12.4. The fourth-order valence-corrected chi connectivity index (χ4v) is 3.45. The van der Waals surface area contributed by atoms with Crippen LogP contribution in [0.2, 0.25) is 0 Å². The third kappa shape index (κ3) is 5.42. The van der Waals surface area contributed by atoms with Crippen LogP contribution in [0, 0.1) is 0 Å². The summed E-state index contributed by atoms with van der Waals surface area (Å²) in [6, 6.07) is 11.0. The molecule has 0 aliphatic carbocycles. The van der Waals surface area contributed by atoms with Crippen LogP contribution in [0.25, 0.3) is 0 Å². The molecule has 2 atom stereocenters. The summed E-state index contributed by atoms with van der Waals surface area (Å²) in [4.78, 5) is 6.84. The van der Waals surface area contributed by atoms with E-state index in [-0.39, 0.29) is 0 Å². The van der Waals surface area contributed by atoms with E-state index in [1.807, 2.05) is 7.05 Å². The number of hydrogen-bond acceptors (Lipinski definition) is 4. The SMILES string of the molecule is CN=C(NCC1CCCO1)NCC(c1ccccc1)N1CCOCC1. The molecule has 2 fully saturated rings. The topological polar surface area (TPSA) is 58.1 Å². The van der Waals surface area contributed by atoms with Gasteiger partial charge in [0.2, 0.25) is 0 Å². The molecule has 2 heterocycles. The first-order valence-electron chi connectivity index (χ1n) is 9.29. The van der Waals surface area contributed by atoms with Gasteiger partial charge in [-0.3, -0.25) is 9.89 Å². The molecule has 3 rings (SSSR count). The summed E-state index contributed by atoms with van der Waals surface area (Å²) in [6.07, 6.45) is 2.60. The van der Waals surface area contributed by atoms with E-state index in [0.717, 1.165) is 64.8 Å². The monoisotopic (exact) mass is 346 g/mol. The fourth-order valence-electron chi connectivity index (χ4n) is 3.45. The summed E-state index contributed by atoms with van der Waals surface area (Å²) in [5.41, 5.74) is 1.33. The molecule has 138 valence electrons. The van der Waals surface area contributed by atoms with Crippen LogP contribution in [0.15, 0.2) is 35.3 Å². The minimum absolute atomic E-state index is 0.308. The van der Waals surface area contributed by atoms with Crippen molar-refractivity contribution in [2.75, 3.05) is 53.0 Å². The summed E-state index contributed by atoms with van der Waals surface area (Å²) in [5, 5.41) is 6.88. The number of benzene rings is 1. The normalized spacial score (nSPS) is 23.4. The molecule has 1 aromatic carbocycles. The Bertz CT molecular complexity index is 525. The standard InChI is InChI=1S/C19H30N4O2/c1-20-19(21-14-17-8-5-11-25-17)22-15-18(16-6-3-2-4-7-16)23-9-12-24-13-10-23/h2-4,6-7,17-18H,5,8-15H2,1H3,(H2,20,21,22). The number of morpholine rings is 1. The van der Waals surface area contributed by atoms with Crippen molar-refractivity contribution in [1.29, 1.82) is 0 Å². The second kappa shape index (κ2) is 9.75. The van der Waals surface area contributed by atoms with E-state index in [2.05, 4.69) is 50.9 Å². The molecule has 0 spiro atoms. The Labute approximate surface area is 150 Å². The van der Waals surface area contributed by atoms with E-state index in [1.54, 1.807) is 0 Å². The lowest BCUT2D eigenvalue weighted by Gasteiger charge is -2.35. The molecule has 0 radical (unpaired) electrons. The lowest BCUT2D eigenvalue weighted by atomic mass is 10.0. The summed E-state index contributed by atoms with van der Waals surface area (Å²) < 4.78 is 11.2. The minimum atomic E-state index is 0.308. The van der Waals surface area contributed by atoms with Crippen molar-refractivity contribution >= 4 is 5.96 Å².